The highest BCUT2D eigenvalue weighted by Gasteiger charge is 2.31. The maximum Gasteiger partial charge on any atom is 0.527 e. The van der Waals surface area contributed by atoms with Gasteiger partial charge in [-0.1, -0.05) is 18.2 Å². The van der Waals surface area contributed by atoms with E-state index in [4.69, 9.17) is 19.0 Å². The number of esters is 1. The van der Waals surface area contributed by atoms with E-state index in [-0.39, 0.29) is 57.4 Å². The molecule has 0 radical (unpaired) electrons. The molecule has 2 N–H and O–H groups in total. The molecule has 0 saturated carbocycles. The lowest BCUT2D eigenvalue weighted by atomic mass is 10.1. The Kier molecular flexibility index (Phi) is 12.6. The van der Waals surface area contributed by atoms with Crippen molar-refractivity contribution in [2.24, 2.45) is 0 Å². The van der Waals surface area contributed by atoms with Gasteiger partial charge in [-0.3, -0.25) is 24.0 Å². The lowest BCUT2D eigenvalue weighted by molar-refractivity contribution is -0.157. The molecule has 16 nitrogen and oxygen atoms in total. The smallest absolute Gasteiger partial charge is 0.481 e. The predicted molar refractivity (Wildman–Crippen MR) is 150 cm³/mol. The van der Waals surface area contributed by atoms with E-state index in [9.17, 15) is 33.9 Å². The first-order chi connectivity index (χ1) is 21.1. The number of carbonyl (C=O) groups excluding carboxylic acids is 5. The van der Waals surface area contributed by atoms with Gasteiger partial charge in [0, 0.05) is 25.6 Å². The predicted octanol–water partition coefficient (Wildman–Crippen LogP) is 0.969. The van der Waals surface area contributed by atoms with Gasteiger partial charge in [-0.25, -0.2) is 9.48 Å². The van der Waals surface area contributed by atoms with Crippen molar-refractivity contribution in [3.63, 3.8) is 0 Å². The fourth-order valence-electron chi connectivity index (χ4n) is 4.14. The number of carbonyl (C=O) groups is 6. The van der Waals surface area contributed by atoms with Crippen LogP contribution >= 0.6 is 0 Å². The van der Waals surface area contributed by atoms with Crippen LogP contribution in [0.4, 0.5) is 4.79 Å². The van der Waals surface area contributed by atoms with Crippen LogP contribution in [0.25, 0.3) is 5.69 Å². The number of piperazine rings is 1. The molecule has 238 valence electrons. The molecule has 1 saturated heterocycles. The number of aromatic nitrogens is 2. The number of benzene rings is 1. The zero-order valence-corrected chi connectivity index (χ0v) is 24.4. The number of nitrogens with zero attached hydrogens (tertiary/aromatic N) is 4. The van der Waals surface area contributed by atoms with Gasteiger partial charge in [0.05, 0.1) is 32.0 Å². The minimum Gasteiger partial charge on any atom is -0.481 e. The molecule has 0 bridgehead atoms. The molecule has 0 spiro atoms. The third-order valence-electron chi connectivity index (χ3n) is 6.20. The van der Waals surface area contributed by atoms with Gasteiger partial charge in [0.15, 0.2) is 11.5 Å². The molecule has 3 rings (SSSR count). The Balaban J connectivity index is 1.73. The zero-order chi connectivity index (χ0) is 32.1. The number of hydroxylamine groups is 2. The quantitative estimate of drug-likeness (QED) is 0.212. The summed E-state index contributed by atoms with van der Waals surface area (Å²) in [4.78, 5) is 79.9. The number of Topliss-reactive ketones (excluding diaryl/α,β-unsaturated/α-hetero) is 1. The maximum absolute atomic E-state index is 13.4. The molecule has 44 heavy (non-hydrogen) atoms. The van der Waals surface area contributed by atoms with Crippen molar-refractivity contribution >= 4 is 35.7 Å². The van der Waals surface area contributed by atoms with Crippen LogP contribution in [0.15, 0.2) is 36.4 Å². The van der Waals surface area contributed by atoms with Gasteiger partial charge in [-0.05, 0) is 32.4 Å². The number of ketones is 1. The van der Waals surface area contributed by atoms with Crippen LogP contribution in [0.3, 0.4) is 0 Å². The van der Waals surface area contributed by atoms with E-state index in [0.29, 0.717) is 5.69 Å². The molecule has 1 aliphatic rings. The average Bonchev–Trinajstić information content (AvgIpc) is 3.43. The number of carboxylic acids is 1. The molecule has 2 amide bonds. The van der Waals surface area contributed by atoms with Crippen molar-refractivity contribution < 1.29 is 52.9 Å². The van der Waals surface area contributed by atoms with E-state index < -0.39 is 61.2 Å². The molecule has 0 unspecified atom stereocenters. The van der Waals surface area contributed by atoms with Gasteiger partial charge < -0.3 is 34.4 Å². The van der Waals surface area contributed by atoms with Crippen molar-refractivity contribution in [1.82, 2.24) is 25.1 Å². The Hall–Kier alpha value is -4.99. The second kappa shape index (κ2) is 16.6. The summed E-state index contributed by atoms with van der Waals surface area (Å²) in [6.45, 7) is 3.70. The number of amides is 2. The summed E-state index contributed by atoms with van der Waals surface area (Å²) in [7, 11) is 0. The highest BCUT2D eigenvalue weighted by molar-refractivity contribution is 5.97. The topological polar surface area (TPSA) is 196 Å². The van der Waals surface area contributed by atoms with Gasteiger partial charge in [-0.2, -0.15) is 5.10 Å². The number of carboxylic acid groups (broad SMARTS) is 1. The monoisotopic (exact) mass is 617 g/mol. The van der Waals surface area contributed by atoms with Gasteiger partial charge in [0.2, 0.25) is 11.8 Å². The number of aliphatic carboxylic acids is 1. The van der Waals surface area contributed by atoms with E-state index in [0.717, 1.165) is 0 Å². The molecule has 2 aromatic rings. The van der Waals surface area contributed by atoms with Crippen LogP contribution < -0.4 is 10.1 Å². The van der Waals surface area contributed by atoms with Crippen molar-refractivity contribution in [2.45, 2.75) is 39.2 Å². The van der Waals surface area contributed by atoms with Gasteiger partial charge >= 0.3 is 18.1 Å². The van der Waals surface area contributed by atoms with Gasteiger partial charge in [0.25, 0.3) is 5.91 Å². The van der Waals surface area contributed by atoms with Crippen molar-refractivity contribution in [3.05, 3.63) is 42.1 Å². The summed E-state index contributed by atoms with van der Waals surface area (Å²) in [6.07, 6.45) is -1.93. The van der Waals surface area contributed by atoms with Crippen molar-refractivity contribution in [2.75, 3.05) is 46.0 Å². The van der Waals surface area contributed by atoms with E-state index in [2.05, 4.69) is 10.4 Å². The lowest BCUT2D eigenvalue weighted by Crippen LogP contribution is -2.55. The summed E-state index contributed by atoms with van der Waals surface area (Å²) in [5.74, 6) is -3.68. The van der Waals surface area contributed by atoms with Gasteiger partial charge in [0.1, 0.15) is 19.1 Å². The van der Waals surface area contributed by atoms with Crippen molar-refractivity contribution in [3.8, 4) is 11.6 Å². The summed E-state index contributed by atoms with van der Waals surface area (Å²) in [5, 5.41) is 17.4. The molecule has 1 aromatic heterocycles. The number of rotatable bonds is 15. The maximum atomic E-state index is 13.4. The van der Waals surface area contributed by atoms with E-state index in [1.54, 1.807) is 44.2 Å². The average molecular weight is 618 g/mol. The number of ether oxygens (including phenoxy) is 3. The molecule has 1 aliphatic heterocycles. The van der Waals surface area contributed by atoms with E-state index in [1.165, 1.54) is 20.7 Å². The zero-order valence-electron chi connectivity index (χ0n) is 24.4. The van der Waals surface area contributed by atoms with E-state index in [1.807, 2.05) is 0 Å². The van der Waals surface area contributed by atoms with Gasteiger partial charge in [-0.15, -0.1) is 5.06 Å². The summed E-state index contributed by atoms with van der Waals surface area (Å²) >= 11 is 0. The molecule has 1 aromatic carbocycles. The molecule has 16 heteroatoms. The fourth-order valence-corrected chi connectivity index (χ4v) is 4.14. The van der Waals surface area contributed by atoms with Crippen LogP contribution in [0, 0.1) is 0 Å². The summed E-state index contributed by atoms with van der Waals surface area (Å²) in [6, 6.07) is 8.66. The van der Waals surface area contributed by atoms with Crippen LogP contribution in [0.5, 0.6) is 5.88 Å². The van der Waals surface area contributed by atoms with Crippen LogP contribution in [-0.2, 0) is 33.5 Å². The third-order valence-corrected chi connectivity index (χ3v) is 6.20. The summed E-state index contributed by atoms with van der Waals surface area (Å²) in [5.41, 5.74) is 0.336. The number of hydrogen-bond donors (Lipinski definition) is 2. The molecular formula is C28H35N5O11. The summed E-state index contributed by atoms with van der Waals surface area (Å²) < 4.78 is 16.4. The lowest BCUT2D eigenvalue weighted by Gasteiger charge is -2.35. The van der Waals surface area contributed by atoms with Crippen LogP contribution in [0.2, 0.25) is 0 Å². The Morgan fingerprint density at radius 1 is 0.977 bits per heavy atom. The molecule has 2 heterocycles. The number of nitrogens with one attached hydrogen (secondary N) is 1. The normalized spacial score (nSPS) is 13.8. The van der Waals surface area contributed by atoms with E-state index >= 15 is 0 Å². The third kappa shape index (κ3) is 10.1. The fraction of sp³-hybridized carbons (Fsp3) is 0.464. The second-order valence-electron chi connectivity index (χ2n) is 9.41. The SMILES string of the molecule is CCOC(=O)CC(=O)COc1cc(C(=O)N[C@@H](CCC(=O)O)C(=O)N2CCN(OC(=O)OCC)CC2)nn1-c1ccccc1. The van der Waals surface area contributed by atoms with Crippen molar-refractivity contribution in [1.29, 1.82) is 0 Å². The standard InChI is InChI=1S/C28H35N5O11/c1-3-41-25(37)16-20(34)18-43-23-17-22(30-33(23)19-8-6-5-7-9-19)26(38)29-21(10-11-24(35)36)27(39)31-12-14-32(15-13-31)44-28(40)42-4-2/h5-9,17,21H,3-4,10-16,18H2,1-2H3,(H,29,38)(H,35,36)/t21-/m0/s1. The molecular weight excluding hydrogens is 582 g/mol. The minimum atomic E-state index is -1.20. The molecule has 0 aliphatic carbocycles. The number of para-hydroxylation sites is 1. The van der Waals surface area contributed by atoms with Crippen LogP contribution in [-0.4, -0.2) is 113 Å². The Morgan fingerprint density at radius 3 is 2.30 bits per heavy atom. The Labute approximate surface area is 252 Å². The first kappa shape index (κ1) is 33.5. The number of hydrogen-bond acceptors (Lipinski definition) is 12. The highest BCUT2D eigenvalue weighted by Crippen LogP contribution is 2.20. The highest BCUT2D eigenvalue weighted by atomic mass is 16.8. The van der Waals surface area contributed by atoms with Crippen LogP contribution in [0.1, 0.15) is 43.6 Å². The largest absolute Gasteiger partial charge is 0.527 e. The molecule has 1 fully saturated rings. The first-order valence-corrected chi connectivity index (χ1v) is 14.0. The Morgan fingerprint density at radius 2 is 1.66 bits per heavy atom. The minimum absolute atomic E-state index is 0.0182. The molecule has 1 atom stereocenters. The second-order valence-corrected chi connectivity index (χ2v) is 9.41. The Bertz CT molecular complexity index is 1320. The first-order valence-electron chi connectivity index (χ1n) is 14.0.